The van der Waals surface area contributed by atoms with Gasteiger partial charge in [-0.1, -0.05) is 98.2 Å². The summed E-state index contributed by atoms with van der Waals surface area (Å²) in [6, 6.07) is 29.1. The first kappa shape index (κ1) is 33.7. The third-order valence-corrected chi connectivity index (χ3v) is 9.66. The number of hydrogen-bond donors (Lipinski definition) is 1. The second kappa shape index (κ2) is 15.2. The fourth-order valence-corrected chi connectivity index (χ4v) is 6.75. The first-order valence-corrected chi connectivity index (χ1v) is 16.8. The minimum Gasteiger partial charge on any atom is -0.354 e. The van der Waals surface area contributed by atoms with Crippen molar-refractivity contribution in [1.29, 1.82) is 0 Å². The quantitative estimate of drug-likeness (QED) is 0.178. The largest absolute Gasteiger partial charge is 0.354 e. The van der Waals surface area contributed by atoms with E-state index in [4.69, 9.17) is 11.6 Å². The fourth-order valence-electron chi connectivity index (χ4n) is 5.05. The Balaban J connectivity index is 1.82. The van der Waals surface area contributed by atoms with Gasteiger partial charge in [0.05, 0.1) is 10.6 Å². The lowest BCUT2D eigenvalue weighted by Crippen LogP contribution is -2.53. The maximum Gasteiger partial charge on any atom is 0.264 e. The number of halogens is 1. The molecule has 2 amide bonds. The van der Waals surface area contributed by atoms with Gasteiger partial charge < -0.3 is 10.2 Å². The first-order chi connectivity index (χ1) is 21.5. The summed E-state index contributed by atoms with van der Waals surface area (Å²) in [6.45, 7) is 7.71. The highest BCUT2D eigenvalue weighted by Gasteiger charge is 2.35. The molecule has 0 saturated heterocycles. The Hall–Kier alpha value is -4.14. The molecule has 1 atom stereocenters. The van der Waals surface area contributed by atoms with Gasteiger partial charge in [0.2, 0.25) is 11.8 Å². The number of hydrogen-bond acceptors (Lipinski definition) is 4. The van der Waals surface area contributed by atoms with Gasteiger partial charge in [-0.25, -0.2) is 8.42 Å². The third kappa shape index (κ3) is 8.74. The van der Waals surface area contributed by atoms with Crippen LogP contribution >= 0.6 is 11.6 Å². The van der Waals surface area contributed by atoms with Gasteiger partial charge >= 0.3 is 0 Å². The maximum atomic E-state index is 14.6. The molecule has 0 aliphatic rings. The predicted octanol–water partition coefficient (Wildman–Crippen LogP) is 6.56. The number of aryl methyl sites for hydroxylation is 1. The summed E-state index contributed by atoms with van der Waals surface area (Å²) < 4.78 is 29.5. The molecule has 4 aromatic rings. The van der Waals surface area contributed by atoms with Crippen molar-refractivity contribution in [1.82, 2.24) is 10.2 Å². The van der Waals surface area contributed by atoms with Gasteiger partial charge in [-0.05, 0) is 72.4 Å². The summed E-state index contributed by atoms with van der Waals surface area (Å²) >= 11 is 6.32. The van der Waals surface area contributed by atoms with E-state index in [0.29, 0.717) is 17.3 Å². The van der Waals surface area contributed by atoms with Crippen LogP contribution in [0.3, 0.4) is 0 Å². The Morgan fingerprint density at radius 3 is 2.09 bits per heavy atom. The molecule has 0 spiro atoms. The number of amides is 2. The minimum atomic E-state index is -4.16. The molecule has 45 heavy (non-hydrogen) atoms. The molecule has 9 heteroatoms. The van der Waals surface area contributed by atoms with Crippen LogP contribution in [0.5, 0.6) is 0 Å². The number of anilines is 1. The number of nitrogens with zero attached hydrogens (tertiary/aromatic N) is 2. The molecule has 0 aliphatic carbocycles. The van der Waals surface area contributed by atoms with E-state index in [1.807, 2.05) is 70.2 Å². The summed E-state index contributed by atoms with van der Waals surface area (Å²) in [7, 11) is -4.16. The van der Waals surface area contributed by atoms with Crippen molar-refractivity contribution < 1.29 is 18.0 Å². The van der Waals surface area contributed by atoms with E-state index in [9.17, 15) is 18.0 Å². The third-order valence-electron chi connectivity index (χ3n) is 7.65. The average molecular weight is 646 g/mol. The molecule has 0 fully saturated rings. The number of carbonyl (C=O) groups is 2. The summed E-state index contributed by atoms with van der Waals surface area (Å²) in [5.74, 6) is -0.637. The predicted molar refractivity (Wildman–Crippen MR) is 181 cm³/mol. The lowest BCUT2D eigenvalue weighted by molar-refractivity contribution is -0.140. The first-order valence-electron chi connectivity index (χ1n) is 15.0. The van der Waals surface area contributed by atoms with E-state index in [-0.39, 0.29) is 29.7 Å². The molecule has 0 aromatic heterocycles. The Bertz CT molecular complexity index is 1710. The Labute approximate surface area is 271 Å². The zero-order valence-corrected chi connectivity index (χ0v) is 27.7. The van der Waals surface area contributed by atoms with Crippen molar-refractivity contribution in [2.24, 2.45) is 5.92 Å². The molecule has 4 rings (SSSR count). The molecule has 0 heterocycles. The average Bonchev–Trinajstić information content (AvgIpc) is 3.02. The molecule has 1 N–H and O–H groups in total. The van der Waals surface area contributed by atoms with E-state index in [1.54, 1.807) is 48.5 Å². The normalized spacial score (nSPS) is 12.0. The molecule has 0 saturated carbocycles. The van der Waals surface area contributed by atoms with Gasteiger partial charge in [-0.15, -0.1) is 0 Å². The topological polar surface area (TPSA) is 86.8 Å². The molecular weight excluding hydrogens is 606 g/mol. The zero-order chi connectivity index (χ0) is 32.6. The molecule has 7 nitrogen and oxygen atoms in total. The van der Waals surface area contributed by atoms with Crippen molar-refractivity contribution in [3.8, 4) is 0 Å². The summed E-state index contributed by atoms with van der Waals surface area (Å²) in [4.78, 5) is 30.0. The summed E-state index contributed by atoms with van der Waals surface area (Å²) in [6.07, 6.45) is 0.242. The molecule has 0 bridgehead atoms. The van der Waals surface area contributed by atoms with Crippen molar-refractivity contribution in [3.05, 3.63) is 130 Å². The van der Waals surface area contributed by atoms with E-state index in [1.165, 1.54) is 17.0 Å². The van der Waals surface area contributed by atoms with Gasteiger partial charge in [0, 0.05) is 24.5 Å². The van der Waals surface area contributed by atoms with Crippen LogP contribution in [0.1, 0.15) is 36.1 Å². The van der Waals surface area contributed by atoms with E-state index in [0.717, 1.165) is 26.6 Å². The fraction of sp³-hybridized carbons (Fsp3) is 0.278. The van der Waals surface area contributed by atoms with Gasteiger partial charge in [0.1, 0.15) is 12.6 Å². The summed E-state index contributed by atoms with van der Waals surface area (Å²) in [5, 5.41) is 3.49. The van der Waals surface area contributed by atoms with Crippen LogP contribution in [0.15, 0.2) is 108 Å². The number of rotatable bonds is 13. The van der Waals surface area contributed by atoms with Crippen molar-refractivity contribution in [3.63, 3.8) is 0 Å². The molecule has 0 radical (unpaired) electrons. The number of benzene rings is 4. The van der Waals surface area contributed by atoms with Crippen LogP contribution in [-0.2, 0) is 32.6 Å². The Morgan fingerprint density at radius 1 is 0.822 bits per heavy atom. The lowest BCUT2D eigenvalue weighted by Gasteiger charge is -2.34. The van der Waals surface area contributed by atoms with Crippen LogP contribution in [0, 0.1) is 19.8 Å². The van der Waals surface area contributed by atoms with Gasteiger partial charge in [-0.3, -0.25) is 13.9 Å². The van der Waals surface area contributed by atoms with E-state index >= 15 is 0 Å². The van der Waals surface area contributed by atoms with Crippen LogP contribution in [0.25, 0.3) is 0 Å². The van der Waals surface area contributed by atoms with Crippen molar-refractivity contribution in [2.45, 2.75) is 51.6 Å². The van der Waals surface area contributed by atoms with Gasteiger partial charge in [0.15, 0.2) is 0 Å². The van der Waals surface area contributed by atoms with Crippen LogP contribution in [-0.4, -0.2) is 44.3 Å². The Kier molecular flexibility index (Phi) is 11.4. The van der Waals surface area contributed by atoms with Gasteiger partial charge in [0.25, 0.3) is 10.0 Å². The minimum absolute atomic E-state index is 0.0536. The molecular formula is C36H40ClN3O4S. The second-order valence-electron chi connectivity index (χ2n) is 11.5. The second-order valence-corrected chi connectivity index (χ2v) is 13.8. The van der Waals surface area contributed by atoms with Crippen molar-refractivity contribution >= 4 is 39.1 Å². The standard InChI is InChI=1S/C36H40ClN3O4S/c1-26(2)23-38-36(42)34(22-29-14-7-5-8-15-29)39(24-30-16-12-17-31(37)21-30)35(41)25-40(33-20-11-13-27(3)28(33)4)45(43,44)32-18-9-6-10-19-32/h5-21,26,34H,22-25H2,1-4H3,(H,38,42). The molecule has 1 unspecified atom stereocenters. The molecule has 4 aromatic carbocycles. The maximum absolute atomic E-state index is 14.6. The highest BCUT2D eigenvalue weighted by molar-refractivity contribution is 7.92. The highest BCUT2D eigenvalue weighted by Crippen LogP contribution is 2.29. The van der Waals surface area contributed by atoms with Crippen LogP contribution in [0.2, 0.25) is 5.02 Å². The SMILES string of the molecule is Cc1cccc(N(CC(=O)N(Cc2cccc(Cl)c2)C(Cc2ccccc2)C(=O)NCC(C)C)S(=O)(=O)c2ccccc2)c1C. The van der Waals surface area contributed by atoms with E-state index in [2.05, 4.69) is 5.32 Å². The number of nitrogens with one attached hydrogen (secondary N) is 1. The monoisotopic (exact) mass is 645 g/mol. The Morgan fingerprint density at radius 2 is 1.44 bits per heavy atom. The molecule has 236 valence electrons. The number of carbonyl (C=O) groups excluding carboxylic acids is 2. The van der Waals surface area contributed by atoms with Crippen LogP contribution in [0.4, 0.5) is 5.69 Å². The molecule has 0 aliphatic heterocycles. The van der Waals surface area contributed by atoms with Crippen molar-refractivity contribution in [2.75, 3.05) is 17.4 Å². The lowest BCUT2D eigenvalue weighted by atomic mass is 10.0. The zero-order valence-electron chi connectivity index (χ0n) is 26.1. The smallest absolute Gasteiger partial charge is 0.264 e. The highest BCUT2D eigenvalue weighted by atomic mass is 35.5. The van der Waals surface area contributed by atoms with E-state index < -0.39 is 28.5 Å². The summed E-state index contributed by atoms with van der Waals surface area (Å²) in [5.41, 5.74) is 3.61. The van der Waals surface area contributed by atoms with Crippen LogP contribution < -0.4 is 9.62 Å². The van der Waals surface area contributed by atoms with Gasteiger partial charge in [-0.2, -0.15) is 0 Å². The number of sulfonamides is 1.